The fraction of sp³-hybridized carbons (Fsp3) is 0.154. The van der Waals surface area contributed by atoms with Crippen LogP contribution in [-0.2, 0) is 0 Å². The maximum Gasteiger partial charge on any atom is 0.212 e. The summed E-state index contributed by atoms with van der Waals surface area (Å²) in [6, 6.07) is 8.63. The van der Waals surface area contributed by atoms with E-state index in [-0.39, 0.29) is 5.78 Å². The van der Waals surface area contributed by atoms with Crippen LogP contribution in [0.1, 0.15) is 16.6 Å². The molecule has 1 atom stereocenters. The summed E-state index contributed by atoms with van der Waals surface area (Å²) in [5.74, 6) is 0.354. The van der Waals surface area contributed by atoms with Crippen LogP contribution in [0.3, 0.4) is 0 Å². The third-order valence-corrected chi connectivity index (χ3v) is 4.43. The van der Waals surface area contributed by atoms with E-state index in [1.165, 1.54) is 11.3 Å². The van der Waals surface area contributed by atoms with Crippen LogP contribution < -0.4 is 4.74 Å². The molecule has 0 saturated carbocycles. The van der Waals surface area contributed by atoms with Crippen molar-refractivity contribution in [3.8, 4) is 5.75 Å². The molecule has 6 heteroatoms. The molecule has 0 radical (unpaired) electrons. The predicted molar refractivity (Wildman–Crippen MR) is 82.9 cm³/mol. The lowest BCUT2D eigenvalue weighted by Crippen LogP contribution is -2.23. The van der Waals surface area contributed by atoms with E-state index in [9.17, 15) is 4.79 Å². The van der Waals surface area contributed by atoms with Gasteiger partial charge in [0.25, 0.3) is 0 Å². The Morgan fingerprint density at radius 1 is 1.32 bits per heavy atom. The Morgan fingerprint density at radius 2 is 2.05 bits per heavy atom. The van der Waals surface area contributed by atoms with Crippen molar-refractivity contribution in [1.82, 2.24) is 0 Å². The average molecular weight is 380 g/mol. The van der Waals surface area contributed by atoms with Crippen molar-refractivity contribution >= 4 is 56.3 Å². The van der Waals surface area contributed by atoms with Crippen LogP contribution in [0.15, 0.2) is 34.8 Å². The fourth-order valence-corrected chi connectivity index (χ4v) is 3.02. The summed E-state index contributed by atoms with van der Waals surface area (Å²) in [6.45, 7) is 1.69. The monoisotopic (exact) mass is 378 g/mol. The SMILES string of the molecule is CC(Oc1cc(Br)ccc1Cl)C(=O)c1ccc(Cl)s1. The van der Waals surface area contributed by atoms with Crippen molar-refractivity contribution in [3.63, 3.8) is 0 Å². The molecule has 2 rings (SSSR count). The largest absolute Gasteiger partial charge is 0.481 e. The van der Waals surface area contributed by atoms with Crippen LogP contribution in [-0.4, -0.2) is 11.9 Å². The lowest BCUT2D eigenvalue weighted by atomic mass is 10.2. The van der Waals surface area contributed by atoms with E-state index in [0.29, 0.717) is 20.0 Å². The molecule has 0 spiro atoms. The Morgan fingerprint density at radius 3 is 2.68 bits per heavy atom. The van der Waals surface area contributed by atoms with Gasteiger partial charge in [0, 0.05) is 4.47 Å². The predicted octanol–water partition coefficient (Wildman–Crippen LogP) is 5.47. The lowest BCUT2D eigenvalue weighted by Gasteiger charge is -2.14. The van der Waals surface area contributed by atoms with Crippen LogP contribution in [0.4, 0.5) is 0 Å². The van der Waals surface area contributed by atoms with Gasteiger partial charge in [-0.1, -0.05) is 39.1 Å². The molecule has 0 aliphatic carbocycles. The third-order valence-electron chi connectivity index (χ3n) is 2.38. The van der Waals surface area contributed by atoms with Gasteiger partial charge in [0.15, 0.2) is 6.10 Å². The van der Waals surface area contributed by atoms with Gasteiger partial charge in [-0.25, -0.2) is 0 Å². The Kier molecular flexibility index (Phi) is 4.90. The van der Waals surface area contributed by atoms with E-state index in [1.54, 1.807) is 37.3 Å². The summed E-state index contributed by atoms with van der Waals surface area (Å²) in [6.07, 6.45) is -0.624. The van der Waals surface area contributed by atoms with Crippen molar-refractivity contribution < 1.29 is 9.53 Å². The van der Waals surface area contributed by atoms with E-state index < -0.39 is 6.10 Å². The highest BCUT2D eigenvalue weighted by Gasteiger charge is 2.19. The fourth-order valence-electron chi connectivity index (χ4n) is 1.46. The zero-order valence-electron chi connectivity index (χ0n) is 9.82. The van der Waals surface area contributed by atoms with Gasteiger partial charge in [-0.05, 0) is 37.3 Å². The first kappa shape index (κ1) is 14.9. The van der Waals surface area contributed by atoms with Crippen molar-refractivity contribution in [2.24, 2.45) is 0 Å². The second kappa shape index (κ2) is 6.27. The highest BCUT2D eigenvalue weighted by molar-refractivity contribution is 9.10. The van der Waals surface area contributed by atoms with Gasteiger partial charge in [-0.2, -0.15) is 0 Å². The maximum atomic E-state index is 12.1. The minimum atomic E-state index is -0.624. The molecule has 1 aromatic carbocycles. The lowest BCUT2D eigenvalue weighted by molar-refractivity contribution is 0.0822. The number of Topliss-reactive ketones (excluding diaryl/α,β-unsaturated/α-hetero) is 1. The third kappa shape index (κ3) is 3.72. The maximum absolute atomic E-state index is 12.1. The molecule has 0 aliphatic heterocycles. The molecule has 2 nitrogen and oxygen atoms in total. The number of ether oxygens (including phenoxy) is 1. The molecular weight excluding hydrogens is 371 g/mol. The van der Waals surface area contributed by atoms with Crippen LogP contribution in [0.25, 0.3) is 0 Å². The number of thiophene rings is 1. The summed E-state index contributed by atoms with van der Waals surface area (Å²) in [4.78, 5) is 12.7. The molecule has 19 heavy (non-hydrogen) atoms. The molecule has 2 aromatic rings. The number of halogens is 3. The minimum Gasteiger partial charge on any atom is -0.481 e. The molecule has 0 N–H and O–H groups in total. The first-order valence-corrected chi connectivity index (χ1v) is 7.75. The van der Waals surface area contributed by atoms with E-state index >= 15 is 0 Å². The second-order valence-electron chi connectivity index (χ2n) is 3.80. The number of carbonyl (C=O) groups is 1. The molecule has 1 unspecified atom stereocenters. The van der Waals surface area contributed by atoms with Gasteiger partial charge in [0.1, 0.15) is 5.75 Å². The zero-order valence-corrected chi connectivity index (χ0v) is 13.7. The van der Waals surface area contributed by atoms with E-state index in [0.717, 1.165) is 4.47 Å². The molecule has 0 fully saturated rings. The highest BCUT2D eigenvalue weighted by atomic mass is 79.9. The van der Waals surface area contributed by atoms with Gasteiger partial charge in [-0.15, -0.1) is 11.3 Å². The summed E-state index contributed by atoms with van der Waals surface area (Å²) < 4.78 is 7.02. The standard InChI is InChI=1S/C13H9BrCl2O2S/c1-7(13(17)11-4-5-12(16)19-11)18-10-6-8(14)2-3-9(10)15/h2-7H,1H3. The molecule has 0 saturated heterocycles. The molecular formula is C13H9BrCl2O2S. The van der Waals surface area contributed by atoms with E-state index in [4.69, 9.17) is 27.9 Å². The van der Waals surface area contributed by atoms with Crippen molar-refractivity contribution in [2.75, 3.05) is 0 Å². The number of hydrogen-bond acceptors (Lipinski definition) is 3. The molecule has 0 bridgehead atoms. The normalized spacial score (nSPS) is 12.2. The average Bonchev–Trinajstić information content (AvgIpc) is 2.79. The summed E-state index contributed by atoms with van der Waals surface area (Å²) in [5, 5.41) is 0.465. The van der Waals surface area contributed by atoms with Crippen LogP contribution in [0.2, 0.25) is 9.36 Å². The van der Waals surface area contributed by atoms with Crippen LogP contribution >= 0.6 is 50.5 Å². The Labute approximate surface area is 133 Å². The number of ketones is 1. The molecule has 0 aliphatic rings. The van der Waals surface area contributed by atoms with Gasteiger partial charge in [0.05, 0.1) is 14.2 Å². The van der Waals surface area contributed by atoms with Gasteiger partial charge in [-0.3, -0.25) is 4.79 Å². The van der Waals surface area contributed by atoms with Crippen molar-refractivity contribution in [2.45, 2.75) is 13.0 Å². The first-order chi connectivity index (χ1) is 8.97. The van der Waals surface area contributed by atoms with Crippen molar-refractivity contribution in [1.29, 1.82) is 0 Å². The van der Waals surface area contributed by atoms with Crippen molar-refractivity contribution in [3.05, 3.63) is 49.0 Å². The molecule has 100 valence electrons. The quantitative estimate of drug-likeness (QED) is 0.658. The summed E-state index contributed by atoms with van der Waals surface area (Å²) in [5.41, 5.74) is 0. The Hall–Kier alpha value is -0.550. The summed E-state index contributed by atoms with van der Waals surface area (Å²) in [7, 11) is 0. The smallest absolute Gasteiger partial charge is 0.212 e. The molecule has 0 amide bonds. The van der Waals surface area contributed by atoms with Crippen LogP contribution in [0.5, 0.6) is 5.75 Å². The van der Waals surface area contributed by atoms with Gasteiger partial charge < -0.3 is 4.74 Å². The van der Waals surface area contributed by atoms with Gasteiger partial charge >= 0.3 is 0 Å². The zero-order chi connectivity index (χ0) is 14.0. The number of benzene rings is 1. The minimum absolute atomic E-state index is 0.118. The van der Waals surface area contributed by atoms with Crippen LogP contribution in [0, 0.1) is 0 Å². The topological polar surface area (TPSA) is 26.3 Å². The highest BCUT2D eigenvalue weighted by Crippen LogP contribution is 2.30. The Balaban J connectivity index is 2.14. The molecule has 1 heterocycles. The van der Waals surface area contributed by atoms with E-state index in [2.05, 4.69) is 15.9 Å². The summed E-state index contributed by atoms with van der Waals surface area (Å²) >= 11 is 16.4. The Bertz CT molecular complexity index is 612. The number of carbonyl (C=O) groups excluding carboxylic acids is 1. The second-order valence-corrected chi connectivity index (χ2v) is 6.84. The number of hydrogen-bond donors (Lipinski definition) is 0. The molecule has 1 aromatic heterocycles. The van der Waals surface area contributed by atoms with E-state index in [1.807, 2.05) is 0 Å². The number of rotatable bonds is 4. The first-order valence-electron chi connectivity index (χ1n) is 5.38. The van der Waals surface area contributed by atoms with Gasteiger partial charge in [0.2, 0.25) is 5.78 Å².